The minimum absolute atomic E-state index is 0.127. The van der Waals surface area contributed by atoms with Crippen LogP contribution in [0.1, 0.15) is 11.3 Å². The number of halogens is 1. The lowest BCUT2D eigenvalue weighted by Crippen LogP contribution is -2.24. The maximum atomic E-state index is 12.0. The number of amides is 1. The quantitative estimate of drug-likeness (QED) is 0.774. The fraction of sp³-hybridized carbons (Fsp3) is 0.111. The first kappa shape index (κ1) is 15.3. The summed E-state index contributed by atoms with van der Waals surface area (Å²) in [5.74, 6) is 0.525. The molecule has 0 saturated carbocycles. The summed E-state index contributed by atoms with van der Waals surface area (Å²) in [6.45, 7) is 0.391. The van der Waals surface area contributed by atoms with Gasteiger partial charge in [0, 0.05) is 23.2 Å². The van der Waals surface area contributed by atoms with Crippen LogP contribution in [0, 0.1) is 0 Å². The topological polar surface area (TPSA) is 55.1 Å². The van der Waals surface area contributed by atoms with Crippen molar-refractivity contribution in [3.8, 4) is 11.3 Å². The number of carbonyl (C=O) groups excluding carboxylic acids is 1. The van der Waals surface area contributed by atoms with Crippen molar-refractivity contribution in [3.05, 3.63) is 76.9 Å². The zero-order valence-corrected chi connectivity index (χ0v) is 13.1. The molecule has 0 fully saturated rings. The molecule has 1 heterocycles. The van der Waals surface area contributed by atoms with Crippen LogP contribution in [-0.4, -0.2) is 11.1 Å². The molecule has 116 valence electrons. The molecule has 0 aliphatic heterocycles. The highest BCUT2D eigenvalue weighted by atomic mass is 35.5. The second kappa shape index (κ2) is 7.11. The molecule has 0 unspecified atom stereocenters. The zero-order chi connectivity index (χ0) is 16.1. The average molecular weight is 327 g/mol. The van der Waals surface area contributed by atoms with Gasteiger partial charge in [-0.1, -0.05) is 65.3 Å². The van der Waals surface area contributed by atoms with Crippen LogP contribution in [0.15, 0.2) is 65.2 Å². The van der Waals surface area contributed by atoms with E-state index in [1.807, 2.05) is 48.5 Å². The lowest BCUT2D eigenvalue weighted by atomic mass is 10.1. The molecule has 4 nitrogen and oxygen atoms in total. The van der Waals surface area contributed by atoms with Crippen LogP contribution in [0.4, 0.5) is 0 Å². The van der Waals surface area contributed by atoms with Crippen LogP contribution in [0.5, 0.6) is 0 Å². The summed E-state index contributed by atoms with van der Waals surface area (Å²) in [7, 11) is 0. The van der Waals surface area contributed by atoms with Gasteiger partial charge in [-0.3, -0.25) is 4.79 Å². The summed E-state index contributed by atoms with van der Waals surface area (Å²) in [4.78, 5) is 12.0. The van der Waals surface area contributed by atoms with Crippen LogP contribution >= 0.6 is 11.6 Å². The van der Waals surface area contributed by atoms with Gasteiger partial charge in [0.15, 0.2) is 5.76 Å². The van der Waals surface area contributed by atoms with E-state index in [9.17, 15) is 4.79 Å². The van der Waals surface area contributed by atoms with Gasteiger partial charge in [-0.15, -0.1) is 0 Å². The molecule has 5 heteroatoms. The van der Waals surface area contributed by atoms with Gasteiger partial charge < -0.3 is 9.84 Å². The molecule has 0 spiro atoms. The van der Waals surface area contributed by atoms with E-state index in [0.29, 0.717) is 23.0 Å². The number of nitrogens with one attached hydrogen (secondary N) is 1. The van der Waals surface area contributed by atoms with E-state index in [0.717, 1.165) is 11.1 Å². The van der Waals surface area contributed by atoms with Gasteiger partial charge in [-0.25, -0.2) is 0 Å². The van der Waals surface area contributed by atoms with Gasteiger partial charge in [0.1, 0.15) is 0 Å². The van der Waals surface area contributed by atoms with Crippen molar-refractivity contribution in [2.45, 2.75) is 13.0 Å². The Morgan fingerprint density at radius 3 is 2.61 bits per heavy atom. The highest BCUT2D eigenvalue weighted by Crippen LogP contribution is 2.20. The van der Waals surface area contributed by atoms with Gasteiger partial charge in [-0.2, -0.15) is 0 Å². The van der Waals surface area contributed by atoms with Crippen molar-refractivity contribution in [1.29, 1.82) is 0 Å². The monoisotopic (exact) mass is 326 g/mol. The fourth-order valence-electron chi connectivity index (χ4n) is 2.20. The third-order valence-electron chi connectivity index (χ3n) is 3.39. The lowest BCUT2D eigenvalue weighted by Gasteiger charge is -2.05. The van der Waals surface area contributed by atoms with Crippen LogP contribution in [-0.2, 0) is 17.8 Å². The molecule has 0 aliphatic carbocycles. The molecule has 0 bridgehead atoms. The molecule has 0 radical (unpaired) electrons. The van der Waals surface area contributed by atoms with E-state index in [-0.39, 0.29) is 12.3 Å². The van der Waals surface area contributed by atoms with Crippen molar-refractivity contribution in [3.63, 3.8) is 0 Å². The smallest absolute Gasteiger partial charge is 0.226 e. The van der Waals surface area contributed by atoms with Crippen molar-refractivity contribution < 1.29 is 9.32 Å². The Morgan fingerprint density at radius 1 is 1.09 bits per heavy atom. The predicted molar refractivity (Wildman–Crippen MR) is 88.9 cm³/mol. The SMILES string of the molecule is O=C(Cc1cc(-c2ccccc2)on1)NCc1ccccc1Cl. The van der Waals surface area contributed by atoms with E-state index in [1.165, 1.54) is 0 Å². The van der Waals surface area contributed by atoms with Crippen molar-refractivity contribution in [2.75, 3.05) is 0 Å². The predicted octanol–water partition coefficient (Wildman–Crippen LogP) is 3.85. The first-order valence-electron chi connectivity index (χ1n) is 7.23. The molecule has 3 aromatic rings. The number of hydrogen-bond acceptors (Lipinski definition) is 3. The second-order valence-electron chi connectivity index (χ2n) is 5.09. The van der Waals surface area contributed by atoms with Gasteiger partial charge in [0.25, 0.3) is 0 Å². The molecule has 0 saturated heterocycles. The normalized spacial score (nSPS) is 10.5. The molecular formula is C18H15ClN2O2. The third-order valence-corrected chi connectivity index (χ3v) is 3.76. The number of rotatable bonds is 5. The maximum Gasteiger partial charge on any atom is 0.226 e. The average Bonchev–Trinajstić information content (AvgIpc) is 3.03. The number of carbonyl (C=O) groups is 1. The first-order chi connectivity index (χ1) is 11.2. The van der Waals surface area contributed by atoms with E-state index < -0.39 is 0 Å². The minimum atomic E-state index is -0.127. The third kappa shape index (κ3) is 3.99. The molecule has 1 aromatic heterocycles. The van der Waals surface area contributed by atoms with Crippen molar-refractivity contribution in [2.24, 2.45) is 0 Å². The number of hydrogen-bond donors (Lipinski definition) is 1. The van der Waals surface area contributed by atoms with Crippen LogP contribution < -0.4 is 5.32 Å². The number of benzene rings is 2. The fourth-order valence-corrected chi connectivity index (χ4v) is 2.40. The Hall–Kier alpha value is -2.59. The Kier molecular flexibility index (Phi) is 4.74. The summed E-state index contributed by atoms with van der Waals surface area (Å²) in [6, 6.07) is 18.9. The molecular weight excluding hydrogens is 312 g/mol. The molecule has 1 amide bonds. The minimum Gasteiger partial charge on any atom is -0.356 e. The van der Waals surface area contributed by atoms with Gasteiger partial charge in [0.2, 0.25) is 5.91 Å². The molecule has 2 aromatic carbocycles. The van der Waals surface area contributed by atoms with Gasteiger partial charge in [-0.05, 0) is 11.6 Å². The molecule has 3 rings (SSSR count). The highest BCUT2D eigenvalue weighted by Gasteiger charge is 2.10. The molecule has 1 N–H and O–H groups in total. The van der Waals surface area contributed by atoms with Gasteiger partial charge >= 0.3 is 0 Å². The first-order valence-corrected chi connectivity index (χ1v) is 7.61. The van der Waals surface area contributed by atoms with Crippen LogP contribution in [0.3, 0.4) is 0 Å². The summed E-state index contributed by atoms with van der Waals surface area (Å²) >= 11 is 6.06. The van der Waals surface area contributed by atoms with Crippen molar-refractivity contribution in [1.82, 2.24) is 10.5 Å². The molecule has 23 heavy (non-hydrogen) atoms. The molecule has 0 atom stereocenters. The second-order valence-corrected chi connectivity index (χ2v) is 5.50. The van der Waals surface area contributed by atoms with E-state index in [4.69, 9.17) is 16.1 Å². The number of nitrogens with zero attached hydrogens (tertiary/aromatic N) is 1. The van der Waals surface area contributed by atoms with E-state index in [1.54, 1.807) is 12.1 Å². The summed E-state index contributed by atoms with van der Waals surface area (Å²) < 4.78 is 5.28. The van der Waals surface area contributed by atoms with Gasteiger partial charge in [0.05, 0.1) is 12.1 Å². The lowest BCUT2D eigenvalue weighted by molar-refractivity contribution is -0.120. The zero-order valence-electron chi connectivity index (χ0n) is 12.3. The Labute approximate surface area is 139 Å². The Bertz CT molecular complexity index is 800. The summed E-state index contributed by atoms with van der Waals surface area (Å²) in [5.41, 5.74) is 2.41. The number of aromatic nitrogens is 1. The Balaban J connectivity index is 1.58. The van der Waals surface area contributed by atoms with Crippen LogP contribution in [0.2, 0.25) is 5.02 Å². The van der Waals surface area contributed by atoms with Crippen molar-refractivity contribution >= 4 is 17.5 Å². The van der Waals surface area contributed by atoms with E-state index in [2.05, 4.69) is 10.5 Å². The van der Waals surface area contributed by atoms with Crippen LogP contribution in [0.25, 0.3) is 11.3 Å². The molecule has 0 aliphatic rings. The largest absolute Gasteiger partial charge is 0.356 e. The Morgan fingerprint density at radius 2 is 1.83 bits per heavy atom. The highest BCUT2D eigenvalue weighted by molar-refractivity contribution is 6.31. The standard InChI is InChI=1S/C18H15ClN2O2/c19-16-9-5-4-8-14(16)12-20-18(22)11-15-10-17(23-21-15)13-6-2-1-3-7-13/h1-10H,11-12H2,(H,20,22). The summed E-state index contributed by atoms with van der Waals surface area (Å²) in [6.07, 6.45) is 0.167. The summed E-state index contributed by atoms with van der Waals surface area (Å²) in [5, 5.41) is 7.41. The van der Waals surface area contributed by atoms with E-state index >= 15 is 0 Å². The maximum absolute atomic E-state index is 12.0.